The normalized spacial score (nSPS) is 31.0. The van der Waals surface area contributed by atoms with Gasteiger partial charge in [-0.1, -0.05) is 0 Å². The first kappa shape index (κ1) is 14.2. The minimum Gasteiger partial charge on any atom is -0.378 e. The highest BCUT2D eigenvalue weighted by atomic mass is 16.5. The summed E-state index contributed by atoms with van der Waals surface area (Å²) >= 11 is 0. The number of rotatable bonds is 6. The van der Waals surface area contributed by atoms with Crippen molar-refractivity contribution in [2.45, 2.75) is 18.5 Å². The van der Waals surface area contributed by atoms with Crippen LogP contribution in [-0.2, 0) is 4.74 Å². The van der Waals surface area contributed by atoms with Gasteiger partial charge in [0.05, 0.1) is 13.2 Å². The van der Waals surface area contributed by atoms with Gasteiger partial charge < -0.3 is 20.3 Å². The fourth-order valence-corrected chi connectivity index (χ4v) is 2.79. The van der Waals surface area contributed by atoms with Gasteiger partial charge in [-0.05, 0) is 27.1 Å². The van der Waals surface area contributed by atoms with Crippen molar-refractivity contribution in [2.75, 3.05) is 66.6 Å². The van der Waals surface area contributed by atoms with Gasteiger partial charge in [-0.25, -0.2) is 0 Å². The lowest BCUT2D eigenvalue weighted by atomic mass is 10.2. The van der Waals surface area contributed by atoms with Gasteiger partial charge in [-0.2, -0.15) is 0 Å². The molecule has 0 saturated carbocycles. The first-order valence-electron chi connectivity index (χ1n) is 7.17. The highest BCUT2D eigenvalue weighted by molar-refractivity contribution is 4.80. The number of nitrogens with zero attached hydrogens (tertiary/aromatic N) is 2. The first-order valence-corrected chi connectivity index (χ1v) is 7.17. The van der Waals surface area contributed by atoms with E-state index in [1.165, 1.54) is 19.5 Å². The molecule has 0 aromatic carbocycles. The molecule has 2 unspecified atom stereocenters. The summed E-state index contributed by atoms with van der Waals surface area (Å²) < 4.78 is 5.80. The van der Waals surface area contributed by atoms with Crippen LogP contribution in [0.2, 0.25) is 0 Å². The van der Waals surface area contributed by atoms with Crippen LogP contribution in [0.3, 0.4) is 0 Å². The molecule has 2 saturated heterocycles. The molecule has 0 aromatic rings. The Morgan fingerprint density at radius 1 is 1.33 bits per heavy atom. The summed E-state index contributed by atoms with van der Waals surface area (Å²) in [6.07, 6.45) is 1.27. The Bertz CT molecular complexity index is 239. The fraction of sp³-hybridized carbons (Fsp3) is 1.00. The molecule has 0 amide bonds. The molecule has 0 aliphatic carbocycles. The van der Waals surface area contributed by atoms with Crippen molar-refractivity contribution in [3.05, 3.63) is 0 Å². The average Bonchev–Trinajstić information content (AvgIpc) is 2.83. The highest BCUT2D eigenvalue weighted by Gasteiger charge is 2.20. The van der Waals surface area contributed by atoms with E-state index >= 15 is 0 Å². The largest absolute Gasteiger partial charge is 0.378 e. The van der Waals surface area contributed by atoms with Gasteiger partial charge in [0, 0.05) is 44.8 Å². The molecule has 0 aromatic heterocycles. The van der Waals surface area contributed by atoms with E-state index in [1.807, 2.05) is 0 Å². The van der Waals surface area contributed by atoms with Crippen molar-refractivity contribution in [3.63, 3.8) is 0 Å². The standard InChI is InChI=1S/C13H28N4O/c1-14-12-3-5-17(10-12)7-8-18-11-13-9-16(2)6-4-15-13/h12-15H,3-11H2,1-2H3. The fourth-order valence-electron chi connectivity index (χ4n) is 2.79. The highest BCUT2D eigenvalue weighted by Crippen LogP contribution is 2.07. The molecule has 5 nitrogen and oxygen atoms in total. The Morgan fingerprint density at radius 3 is 2.94 bits per heavy atom. The second kappa shape index (κ2) is 7.40. The topological polar surface area (TPSA) is 39.8 Å². The lowest BCUT2D eigenvalue weighted by Gasteiger charge is -2.30. The number of hydrogen-bond donors (Lipinski definition) is 2. The number of ether oxygens (including phenoxy) is 1. The van der Waals surface area contributed by atoms with E-state index in [-0.39, 0.29) is 0 Å². The molecular formula is C13H28N4O. The molecule has 0 spiro atoms. The maximum absolute atomic E-state index is 5.80. The van der Waals surface area contributed by atoms with Crippen molar-refractivity contribution in [1.29, 1.82) is 0 Å². The van der Waals surface area contributed by atoms with Crippen LogP contribution in [0.4, 0.5) is 0 Å². The second-order valence-electron chi connectivity index (χ2n) is 5.56. The van der Waals surface area contributed by atoms with Gasteiger partial charge in [0.15, 0.2) is 0 Å². The van der Waals surface area contributed by atoms with Crippen molar-refractivity contribution in [2.24, 2.45) is 0 Å². The Morgan fingerprint density at radius 2 is 2.22 bits per heavy atom. The van der Waals surface area contributed by atoms with Crippen LogP contribution in [-0.4, -0.2) is 88.5 Å². The van der Waals surface area contributed by atoms with Gasteiger partial charge in [0.1, 0.15) is 0 Å². The second-order valence-corrected chi connectivity index (χ2v) is 5.56. The minimum absolute atomic E-state index is 0.507. The molecule has 2 aliphatic heterocycles. The van der Waals surface area contributed by atoms with Gasteiger partial charge in [-0.15, -0.1) is 0 Å². The zero-order chi connectivity index (χ0) is 12.8. The van der Waals surface area contributed by atoms with E-state index in [4.69, 9.17) is 4.74 Å². The number of nitrogens with one attached hydrogen (secondary N) is 2. The summed E-state index contributed by atoms with van der Waals surface area (Å²) in [4.78, 5) is 4.85. The molecule has 2 atom stereocenters. The van der Waals surface area contributed by atoms with Crippen LogP contribution in [0.5, 0.6) is 0 Å². The lowest BCUT2D eigenvalue weighted by molar-refractivity contribution is 0.0744. The van der Waals surface area contributed by atoms with E-state index in [9.17, 15) is 0 Å². The summed E-state index contributed by atoms with van der Waals surface area (Å²) in [5.74, 6) is 0. The predicted octanol–water partition coefficient (Wildman–Crippen LogP) is -0.800. The Hall–Kier alpha value is -0.200. The number of likely N-dealkylation sites (N-methyl/N-ethyl adjacent to an activating group) is 2. The van der Waals surface area contributed by atoms with Crippen molar-refractivity contribution < 1.29 is 4.74 Å². The van der Waals surface area contributed by atoms with Crippen molar-refractivity contribution in [3.8, 4) is 0 Å². The van der Waals surface area contributed by atoms with E-state index in [2.05, 4.69) is 34.5 Å². The molecule has 106 valence electrons. The van der Waals surface area contributed by atoms with Crippen molar-refractivity contribution in [1.82, 2.24) is 20.4 Å². The smallest absolute Gasteiger partial charge is 0.0632 e. The van der Waals surface area contributed by atoms with Gasteiger partial charge >= 0.3 is 0 Å². The van der Waals surface area contributed by atoms with Crippen LogP contribution in [0.15, 0.2) is 0 Å². The number of likely N-dealkylation sites (tertiary alicyclic amines) is 1. The van der Waals surface area contributed by atoms with Crippen LogP contribution in [0.1, 0.15) is 6.42 Å². The molecule has 2 fully saturated rings. The molecule has 18 heavy (non-hydrogen) atoms. The summed E-state index contributed by atoms with van der Waals surface area (Å²) in [6.45, 7) is 8.48. The zero-order valence-corrected chi connectivity index (χ0v) is 11.8. The summed E-state index contributed by atoms with van der Waals surface area (Å²) in [6, 6.07) is 1.19. The van der Waals surface area contributed by atoms with E-state index in [0.29, 0.717) is 12.1 Å². The third-order valence-corrected chi connectivity index (χ3v) is 4.01. The van der Waals surface area contributed by atoms with Crippen LogP contribution in [0, 0.1) is 0 Å². The first-order chi connectivity index (χ1) is 8.78. The quantitative estimate of drug-likeness (QED) is 0.609. The Balaban J connectivity index is 1.51. The average molecular weight is 256 g/mol. The predicted molar refractivity (Wildman–Crippen MR) is 74.0 cm³/mol. The Kier molecular flexibility index (Phi) is 5.85. The van der Waals surface area contributed by atoms with Gasteiger partial charge in [0.2, 0.25) is 0 Å². The summed E-state index contributed by atoms with van der Waals surface area (Å²) in [7, 11) is 4.23. The molecule has 2 N–H and O–H groups in total. The minimum atomic E-state index is 0.507. The number of hydrogen-bond acceptors (Lipinski definition) is 5. The van der Waals surface area contributed by atoms with Gasteiger partial charge in [0.25, 0.3) is 0 Å². The molecule has 2 aliphatic rings. The van der Waals surface area contributed by atoms with E-state index < -0.39 is 0 Å². The summed E-state index contributed by atoms with van der Waals surface area (Å²) in [5, 5.41) is 6.85. The molecule has 2 rings (SSSR count). The molecule has 5 heteroatoms. The lowest BCUT2D eigenvalue weighted by Crippen LogP contribution is -2.51. The maximum Gasteiger partial charge on any atom is 0.0632 e. The van der Waals surface area contributed by atoms with E-state index in [0.717, 1.165) is 39.4 Å². The molecule has 0 bridgehead atoms. The van der Waals surface area contributed by atoms with E-state index in [1.54, 1.807) is 0 Å². The van der Waals surface area contributed by atoms with Crippen LogP contribution in [0.25, 0.3) is 0 Å². The Labute approximate surface area is 111 Å². The van der Waals surface area contributed by atoms with Crippen LogP contribution >= 0.6 is 0 Å². The summed E-state index contributed by atoms with van der Waals surface area (Å²) in [5.41, 5.74) is 0. The molecule has 2 heterocycles. The third kappa shape index (κ3) is 4.48. The molecular weight excluding hydrogens is 228 g/mol. The van der Waals surface area contributed by atoms with Crippen LogP contribution < -0.4 is 10.6 Å². The maximum atomic E-state index is 5.80. The van der Waals surface area contributed by atoms with Crippen molar-refractivity contribution >= 4 is 0 Å². The number of piperazine rings is 1. The third-order valence-electron chi connectivity index (χ3n) is 4.01. The SMILES string of the molecule is CNC1CCN(CCOCC2CN(C)CCN2)C1. The van der Waals surface area contributed by atoms with Gasteiger partial charge in [-0.3, -0.25) is 4.90 Å². The monoisotopic (exact) mass is 256 g/mol. The zero-order valence-electron chi connectivity index (χ0n) is 11.8. The molecule has 0 radical (unpaired) electrons.